The highest BCUT2D eigenvalue weighted by atomic mass is 16.5. The third-order valence-corrected chi connectivity index (χ3v) is 4.89. The summed E-state index contributed by atoms with van der Waals surface area (Å²) in [5.74, 6) is 0.250. The second-order valence-corrected chi connectivity index (χ2v) is 7.13. The molecule has 0 fully saturated rings. The van der Waals surface area contributed by atoms with Gasteiger partial charge in [0.05, 0.1) is 17.2 Å². The molecule has 1 aromatic carbocycles. The van der Waals surface area contributed by atoms with Crippen LogP contribution in [0, 0.1) is 6.92 Å². The fourth-order valence-electron chi connectivity index (χ4n) is 3.30. The molecule has 4 aromatic rings. The lowest BCUT2D eigenvalue weighted by atomic mass is 10.1. The predicted molar refractivity (Wildman–Crippen MR) is 111 cm³/mol. The first-order valence-corrected chi connectivity index (χ1v) is 9.76. The average Bonchev–Trinajstić information content (AvgIpc) is 3.44. The molecule has 0 unspecified atom stereocenters. The van der Waals surface area contributed by atoms with Crippen molar-refractivity contribution in [1.29, 1.82) is 0 Å². The lowest BCUT2D eigenvalue weighted by molar-refractivity contribution is -0.145. The van der Waals surface area contributed by atoms with E-state index in [4.69, 9.17) is 9.15 Å². The largest absolute Gasteiger partial charge is 0.459 e. The van der Waals surface area contributed by atoms with Crippen LogP contribution in [0.5, 0.6) is 0 Å². The van der Waals surface area contributed by atoms with Crippen molar-refractivity contribution >= 4 is 28.6 Å². The molecule has 0 saturated carbocycles. The number of furan rings is 1. The Hall–Kier alpha value is -3.95. The maximum atomic E-state index is 12.6. The number of aryl methyl sites for hydroxylation is 2. The van der Waals surface area contributed by atoms with Crippen molar-refractivity contribution in [2.24, 2.45) is 7.05 Å². The van der Waals surface area contributed by atoms with E-state index in [1.165, 1.54) is 10.8 Å². The summed E-state index contributed by atoms with van der Waals surface area (Å²) >= 11 is 0. The average molecular weight is 423 g/mol. The van der Waals surface area contributed by atoms with Crippen LogP contribution in [0.2, 0.25) is 0 Å². The van der Waals surface area contributed by atoms with Gasteiger partial charge in [0.25, 0.3) is 11.5 Å². The van der Waals surface area contributed by atoms with Crippen LogP contribution in [0.3, 0.4) is 0 Å². The summed E-state index contributed by atoms with van der Waals surface area (Å²) in [5.41, 5.74) is 1.45. The molecule has 0 saturated heterocycles. The highest BCUT2D eigenvalue weighted by molar-refractivity contribution is 5.91. The monoisotopic (exact) mass is 423 g/mol. The van der Waals surface area contributed by atoms with Gasteiger partial charge in [-0.2, -0.15) is 0 Å². The standard InChI is InChI=1S/C21H21N5O5/c1-13-7-8-15-14(11-13)20(29)25(2)21-24-23-17(26(15)21)12-31-18(27)6-3-9-22-19(28)16-5-4-10-30-16/h4-5,7-8,10-11H,3,6,9,12H2,1-2H3,(H,22,28). The van der Waals surface area contributed by atoms with Crippen LogP contribution in [-0.4, -0.2) is 37.6 Å². The van der Waals surface area contributed by atoms with Crippen molar-refractivity contribution in [3.8, 4) is 0 Å². The smallest absolute Gasteiger partial charge is 0.306 e. The fraction of sp³-hybridized carbons (Fsp3) is 0.286. The molecule has 0 atom stereocenters. The maximum Gasteiger partial charge on any atom is 0.306 e. The summed E-state index contributed by atoms with van der Waals surface area (Å²) in [6, 6.07) is 8.73. The first-order valence-electron chi connectivity index (χ1n) is 9.76. The zero-order valence-corrected chi connectivity index (χ0v) is 17.1. The van der Waals surface area contributed by atoms with Crippen molar-refractivity contribution in [3.63, 3.8) is 0 Å². The van der Waals surface area contributed by atoms with Gasteiger partial charge in [-0.15, -0.1) is 10.2 Å². The molecule has 0 bridgehead atoms. The lowest BCUT2D eigenvalue weighted by Gasteiger charge is -2.09. The summed E-state index contributed by atoms with van der Waals surface area (Å²) in [6.45, 7) is 2.14. The Morgan fingerprint density at radius 1 is 1.23 bits per heavy atom. The minimum absolute atomic E-state index is 0.0834. The summed E-state index contributed by atoms with van der Waals surface area (Å²) in [4.78, 5) is 36.5. The minimum atomic E-state index is -0.422. The van der Waals surface area contributed by atoms with E-state index in [0.717, 1.165) is 5.56 Å². The Bertz CT molecular complexity index is 1320. The van der Waals surface area contributed by atoms with Gasteiger partial charge in [-0.3, -0.25) is 23.4 Å². The van der Waals surface area contributed by atoms with E-state index < -0.39 is 5.97 Å². The second kappa shape index (κ2) is 8.42. The fourth-order valence-corrected chi connectivity index (χ4v) is 3.30. The number of aromatic nitrogens is 4. The Kier molecular flexibility index (Phi) is 5.52. The Balaban J connectivity index is 1.40. The number of carbonyl (C=O) groups is 2. The van der Waals surface area contributed by atoms with E-state index in [0.29, 0.717) is 35.5 Å². The second-order valence-electron chi connectivity index (χ2n) is 7.13. The Morgan fingerprint density at radius 3 is 2.84 bits per heavy atom. The van der Waals surface area contributed by atoms with Crippen LogP contribution in [0.1, 0.15) is 34.8 Å². The van der Waals surface area contributed by atoms with Gasteiger partial charge in [0, 0.05) is 20.0 Å². The number of fused-ring (bicyclic) bond motifs is 3. The van der Waals surface area contributed by atoms with Crippen LogP contribution in [0.4, 0.5) is 0 Å². The topological polar surface area (TPSA) is 121 Å². The van der Waals surface area contributed by atoms with Gasteiger partial charge < -0.3 is 14.5 Å². The zero-order valence-electron chi connectivity index (χ0n) is 17.1. The number of carbonyl (C=O) groups excluding carboxylic acids is 2. The summed E-state index contributed by atoms with van der Waals surface area (Å²) in [6.07, 6.45) is 1.97. The molecule has 0 radical (unpaired) electrons. The number of rotatable bonds is 7. The molecule has 3 heterocycles. The number of hydrogen-bond donors (Lipinski definition) is 1. The molecule has 4 rings (SSSR count). The van der Waals surface area contributed by atoms with Crippen molar-refractivity contribution in [2.75, 3.05) is 6.54 Å². The summed E-state index contributed by atoms with van der Waals surface area (Å²) in [5, 5.41) is 11.4. The highest BCUT2D eigenvalue weighted by Crippen LogP contribution is 2.16. The van der Waals surface area contributed by atoms with Crippen molar-refractivity contribution in [1.82, 2.24) is 24.5 Å². The lowest BCUT2D eigenvalue weighted by Crippen LogP contribution is -2.24. The molecule has 1 N–H and O–H groups in total. The maximum absolute atomic E-state index is 12.6. The predicted octanol–water partition coefficient (Wildman–Crippen LogP) is 1.74. The molecule has 160 valence electrons. The first-order chi connectivity index (χ1) is 15.0. The molecule has 1 amide bonds. The van der Waals surface area contributed by atoms with Crippen LogP contribution < -0.4 is 10.9 Å². The molecule has 0 aliphatic carbocycles. The molecule has 0 aliphatic heterocycles. The molecule has 31 heavy (non-hydrogen) atoms. The summed E-state index contributed by atoms with van der Waals surface area (Å²) < 4.78 is 13.5. The van der Waals surface area contributed by atoms with Gasteiger partial charge in [-0.25, -0.2) is 0 Å². The van der Waals surface area contributed by atoms with Crippen LogP contribution in [-0.2, 0) is 23.2 Å². The molecular formula is C21H21N5O5. The highest BCUT2D eigenvalue weighted by Gasteiger charge is 2.16. The third-order valence-electron chi connectivity index (χ3n) is 4.89. The first kappa shape index (κ1) is 20.3. The van der Waals surface area contributed by atoms with E-state index in [9.17, 15) is 14.4 Å². The van der Waals surface area contributed by atoms with E-state index in [1.807, 2.05) is 25.1 Å². The normalized spacial score (nSPS) is 11.2. The van der Waals surface area contributed by atoms with E-state index in [-0.39, 0.29) is 30.3 Å². The number of nitrogens with zero attached hydrogens (tertiary/aromatic N) is 4. The van der Waals surface area contributed by atoms with Crippen molar-refractivity contribution in [2.45, 2.75) is 26.4 Å². The third kappa shape index (κ3) is 4.04. The van der Waals surface area contributed by atoms with Gasteiger partial charge >= 0.3 is 5.97 Å². The minimum Gasteiger partial charge on any atom is -0.459 e. The molecule has 10 heteroatoms. The van der Waals surface area contributed by atoms with Crippen molar-refractivity contribution < 1.29 is 18.7 Å². The number of ether oxygens (including phenoxy) is 1. The SMILES string of the molecule is Cc1ccc2c(c1)c(=O)n(C)c1nnc(COC(=O)CCCNC(=O)c3ccco3)n21. The van der Waals surface area contributed by atoms with Crippen LogP contribution in [0.25, 0.3) is 16.7 Å². The Labute approximate surface area is 176 Å². The quantitative estimate of drug-likeness (QED) is 0.355. The van der Waals surface area contributed by atoms with Gasteiger partial charge in [-0.1, -0.05) is 11.6 Å². The van der Waals surface area contributed by atoms with Gasteiger partial charge in [-0.05, 0) is 37.6 Å². The molecule has 0 aliphatic rings. The van der Waals surface area contributed by atoms with E-state index in [2.05, 4.69) is 15.5 Å². The van der Waals surface area contributed by atoms with E-state index >= 15 is 0 Å². The number of nitrogens with one attached hydrogen (secondary N) is 1. The van der Waals surface area contributed by atoms with Crippen molar-refractivity contribution in [3.05, 3.63) is 64.1 Å². The Morgan fingerprint density at radius 2 is 2.06 bits per heavy atom. The van der Waals surface area contributed by atoms with Gasteiger partial charge in [0.2, 0.25) is 5.78 Å². The van der Waals surface area contributed by atoms with Crippen LogP contribution in [0.15, 0.2) is 45.8 Å². The molecular weight excluding hydrogens is 402 g/mol. The molecule has 10 nitrogen and oxygen atoms in total. The number of hydrogen-bond acceptors (Lipinski definition) is 7. The van der Waals surface area contributed by atoms with Crippen LogP contribution >= 0.6 is 0 Å². The van der Waals surface area contributed by atoms with Gasteiger partial charge in [0.1, 0.15) is 0 Å². The van der Waals surface area contributed by atoms with E-state index in [1.54, 1.807) is 23.6 Å². The molecule has 3 aromatic heterocycles. The number of benzene rings is 1. The molecule has 0 spiro atoms. The zero-order chi connectivity index (χ0) is 22.0. The number of esters is 1. The van der Waals surface area contributed by atoms with Gasteiger partial charge in [0.15, 0.2) is 18.2 Å². The summed E-state index contributed by atoms with van der Waals surface area (Å²) in [7, 11) is 1.63. The number of amides is 1.